The second-order valence-electron chi connectivity index (χ2n) is 8.84. The van der Waals surface area contributed by atoms with E-state index in [-0.39, 0.29) is 23.2 Å². The molecule has 2 unspecified atom stereocenters. The third-order valence-corrected chi connectivity index (χ3v) is 7.27. The minimum atomic E-state index is -0.287. The zero-order valence-corrected chi connectivity index (χ0v) is 17.8. The molecule has 0 saturated heterocycles. The molecule has 2 N–H and O–H groups in total. The van der Waals surface area contributed by atoms with Crippen LogP contribution in [0.25, 0.3) is 5.76 Å². The van der Waals surface area contributed by atoms with Crippen molar-refractivity contribution in [2.45, 2.75) is 44.4 Å². The van der Waals surface area contributed by atoms with Crippen LogP contribution in [-0.4, -0.2) is 16.8 Å². The maximum absolute atomic E-state index is 10.0. The molecule has 2 aliphatic rings. The zero-order valence-electron chi connectivity index (χ0n) is 17.8. The van der Waals surface area contributed by atoms with Crippen molar-refractivity contribution in [1.29, 1.82) is 0 Å². The van der Waals surface area contributed by atoms with E-state index in [4.69, 9.17) is 0 Å². The summed E-state index contributed by atoms with van der Waals surface area (Å²) in [5, 5.41) is 19.9. The van der Waals surface area contributed by atoms with Crippen molar-refractivity contribution in [3.05, 3.63) is 102 Å². The van der Waals surface area contributed by atoms with Crippen LogP contribution < -0.4 is 0 Å². The number of aliphatic hydroxyl groups is 2. The average Bonchev–Trinajstić information content (AvgIpc) is 3.56. The first-order chi connectivity index (χ1) is 14.6. The third kappa shape index (κ3) is 3.33. The Labute approximate surface area is 180 Å². The Bertz CT molecular complexity index is 948. The molecular weight excluding hydrogens is 368 g/mol. The first kappa shape index (κ1) is 20.7. The highest BCUT2D eigenvalue weighted by atomic mass is 16.3. The fourth-order valence-corrected chi connectivity index (χ4v) is 5.57. The summed E-state index contributed by atoms with van der Waals surface area (Å²) < 4.78 is 0. The van der Waals surface area contributed by atoms with Crippen molar-refractivity contribution in [3.63, 3.8) is 0 Å². The standard InChI is InChI=1S/C28H32O2/c1-3-22-8-7-11-26(20-22)28(24-9-5-4-6-10-24,27(16-17-27)18-19-29)25-14-12-23(13-15-25)21(2)30/h4-15,22,29-30H,2-3,16-20H2,1H3. The smallest absolute Gasteiger partial charge is 0.115 e. The summed E-state index contributed by atoms with van der Waals surface area (Å²) in [7, 11) is 0. The number of aliphatic hydroxyl groups excluding tert-OH is 2. The molecule has 2 nitrogen and oxygen atoms in total. The second-order valence-corrected chi connectivity index (χ2v) is 8.84. The van der Waals surface area contributed by atoms with Crippen molar-refractivity contribution >= 4 is 5.76 Å². The lowest BCUT2D eigenvalue weighted by Crippen LogP contribution is -2.42. The van der Waals surface area contributed by atoms with Gasteiger partial charge >= 0.3 is 0 Å². The summed E-state index contributed by atoms with van der Waals surface area (Å²) in [4.78, 5) is 0. The number of hydrogen-bond donors (Lipinski definition) is 2. The van der Waals surface area contributed by atoms with E-state index in [2.05, 4.69) is 74.2 Å². The average molecular weight is 401 g/mol. The van der Waals surface area contributed by atoms with Crippen molar-refractivity contribution in [2.24, 2.45) is 11.3 Å². The summed E-state index contributed by atoms with van der Waals surface area (Å²) >= 11 is 0. The molecule has 2 aliphatic carbocycles. The Hall–Kier alpha value is -2.58. The lowest BCUT2D eigenvalue weighted by Gasteiger charge is -2.46. The summed E-state index contributed by atoms with van der Waals surface area (Å²) in [5.74, 6) is 0.628. The van der Waals surface area contributed by atoms with Crippen molar-refractivity contribution in [1.82, 2.24) is 0 Å². The van der Waals surface area contributed by atoms with E-state index in [1.807, 2.05) is 12.1 Å². The number of rotatable bonds is 8. The van der Waals surface area contributed by atoms with Gasteiger partial charge in [0.15, 0.2) is 0 Å². The van der Waals surface area contributed by atoms with Crippen molar-refractivity contribution in [2.75, 3.05) is 6.61 Å². The van der Waals surface area contributed by atoms with Crippen LogP contribution in [-0.2, 0) is 5.41 Å². The van der Waals surface area contributed by atoms with Gasteiger partial charge in [-0.3, -0.25) is 0 Å². The Morgan fingerprint density at radius 2 is 1.73 bits per heavy atom. The molecule has 0 aliphatic heterocycles. The normalized spacial score (nSPS) is 21.5. The monoisotopic (exact) mass is 400 g/mol. The number of hydrogen-bond acceptors (Lipinski definition) is 2. The van der Waals surface area contributed by atoms with Crippen LogP contribution in [0.2, 0.25) is 0 Å². The SMILES string of the molecule is C=C(O)c1ccc(C(C2=CC=CC(CC)C2)(c2ccccc2)C2(CCO)CC2)cc1. The first-order valence-electron chi connectivity index (χ1n) is 11.1. The molecular formula is C28H32O2. The molecule has 1 fully saturated rings. The van der Waals surface area contributed by atoms with E-state index in [0.29, 0.717) is 5.92 Å². The van der Waals surface area contributed by atoms with E-state index in [1.165, 1.54) is 16.7 Å². The van der Waals surface area contributed by atoms with Gasteiger partial charge in [-0.1, -0.05) is 91.9 Å². The molecule has 2 aromatic carbocycles. The fraction of sp³-hybridized carbons (Fsp3) is 0.357. The van der Waals surface area contributed by atoms with Crippen molar-refractivity contribution < 1.29 is 10.2 Å². The van der Waals surface area contributed by atoms with E-state index in [9.17, 15) is 10.2 Å². The van der Waals surface area contributed by atoms with Gasteiger partial charge in [0.2, 0.25) is 0 Å². The van der Waals surface area contributed by atoms with Gasteiger partial charge in [-0.05, 0) is 54.6 Å². The molecule has 2 aromatic rings. The van der Waals surface area contributed by atoms with Crippen LogP contribution >= 0.6 is 0 Å². The third-order valence-electron chi connectivity index (χ3n) is 7.27. The van der Waals surface area contributed by atoms with E-state index in [0.717, 1.165) is 37.7 Å². The summed E-state index contributed by atoms with van der Waals surface area (Å²) in [6.45, 7) is 6.13. The fourth-order valence-electron chi connectivity index (χ4n) is 5.57. The molecule has 30 heavy (non-hydrogen) atoms. The van der Waals surface area contributed by atoms with Gasteiger partial charge in [0.05, 0.1) is 0 Å². The molecule has 2 atom stereocenters. The quantitative estimate of drug-likeness (QED) is 0.492. The van der Waals surface area contributed by atoms with E-state index in [1.54, 1.807) is 0 Å². The largest absolute Gasteiger partial charge is 0.508 e. The van der Waals surface area contributed by atoms with Crippen LogP contribution in [0, 0.1) is 11.3 Å². The summed E-state index contributed by atoms with van der Waals surface area (Å²) in [6.07, 6.45) is 12.0. The zero-order chi connectivity index (χ0) is 21.2. The molecule has 0 radical (unpaired) electrons. The first-order valence-corrected chi connectivity index (χ1v) is 11.1. The van der Waals surface area contributed by atoms with E-state index >= 15 is 0 Å². The summed E-state index contributed by atoms with van der Waals surface area (Å²) in [5.41, 5.74) is 4.44. The highest BCUT2D eigenvalue weighted by molar-refractivity contribution is 5.60. The number of benzene rings is 2. The Morgan fingerprint density at radius 3 is 2.30 bits per heavy atom. The number of allylic oxidation sites excluding steroid dienone is 4. The minimum Gasteiger partial charge on any atom is -0.508 e. The highest BCUT2D eigenvalue weighted by Gasteiger charge is 2.61. The Morgan fingerprint density at radius 1 is 1.07 bits per heavy atom. The van der Waals surface area contributed by atoms with Crippen LogP contribution in [0.4, 0.5) is 0 Å². The molecule has 0 heterocycles. The highest BCUT2D eigenvalue weighted by Crippen LogP contribution is 2.68. The summed E-state index contributed by atoms with van der Waals surface area (Å²) in [6, 6.07) is 19.1. The minimum absolute atomic E-state index is 0.0101. The van der Waals surface area contributed by atoms with Gasteiger partial charge in [0.1, 0.15) is 5.76 Å². The van der Waals surface area contributed by atoms with Crippen LogP contribution in [0.3, 0.4) is 0 Å². The molecule has 0 bridgehead atoms. The molecule has 4 rings (SSSR count). The lowest BCUT2D eigenvalue weighted by molar-refractivity contribution is 0.209. The van der Waals surface area contributed by atoms with E-state index < -0.39 is 0 Å². The van der Waals surface area contributed by atoms with Crippen LogP contribution in [0.15, 0.2) is 85.0 Å². The molecule has 0 amide bonds. The molecule has 0 spiro atoms. The molecule has 0 aromatic heterocycles. The molecule has 156 valence electrons. The maximum Gasteiger partial charge on any atom is 0.115 e. The molecule has 1 saturated carbocycles. The van der Waals surface area contributed by atoms with Gasteiger partial charge in [-0.2, -0.15) is 0 Å². The van der Waals surface area contributed by atoms with Gasteiger partial charge in [-0.25, -0.2) is 0 Å². The van der Waals surface area contributed by atoms with Crippen LogP contribution in [0.1, 0.15) is 55.7 Å². The Balaban J connectivity index is 1.98. The van der Waals surface area contributed by atoms with Gasteiger partial charge in [0, 0.05) is 17.6 Å². The molecule has 2 heteroatoms. The predicted molar refractivity (Wildman–Crippen MR) is 124 cm³/mol. The van der Waals surface area contributed by atoms with Gasteiger partial charge in [-0.15, -0.1) is 0 Å². The Kier molecular flexibility index (Phi) is 5.71. The van der Waals surface area contributed by atoms with Gasteiger partial charge in [0.25, 0.3) is 0 Å². The predicted octanol–water partition coefficient (Wildman–Crippen LogP) is 6.58. The maximum atomic E-state index is 10.0. The topological polar surface area (TPSA) is 40.5 Å². The lowest BCUT2D eigenvalue weighted by atomic mass is 9.56. The second kappa shape index (κ2) is 8.28. The van der Waals surface area contributed by atoms with Gasteiger partial charge < -0.3 is 10.2 Å². The van der Waals surface area contributed by atoms with Crippen LogP contribution in [0.5, 0.6) is 0 Å². The van der Waals surface area contributed by atoms with Crippen molar-refractivity contribution in [3.8, 4) is 0 Å².